The lowest BCUT2D eigenvalue weighted by Crippen LogP contribution is -2.18. The Bertz CT molecular complexity index is 382. The summed E-state index contributed by atoms with van der Waals surface area (Å²) >= 11 is 3.35. The molecule has 1 aromatic carbocycles. The Hall–Kier alpha value is -1.16. The number of hydrazone groups is 1. The predicted octanol–water partition coefficient (Wildman–Crippen LogP) is 2.31. The second-order valence-corrected chi connectivity index (χ2v) is 4.48. The summed E-state index contributed by atoms with van der Waals surface area (Å²) in [6, 6.07) is 7.72. The van der Waals surface area contributed by atoms with Crippen molar-refractivity contribution in [3.63, 3.8) is 0 Å². The largest absolute Gasteiger partial charge is 0.273 e. The molecule has 1 aliphatic carbocycles. The number of benzene rings is 1. The van der Waals surface area contributed by atoms with Crippen LogP contribution in [0.5, 0.6) is 0 Å². The van der Waals surface area contributed by atoms with E-state index in [4.69, 9.17) is 0 Å². The minimum atomic E-state index is 0.0309. The molecular formula is C11H11BrN2O. The third-order valence-electron chi connectivity index (χ3n) is 2.21. The maximum absolute atomic E-state index is 11.2. The molecule has 15 heavy (non-hydrogen) atoms. The van der Waals surface area contributed by atoms with E-state index < -0.39 is 0 Å². The van der Waals surface area contributed by atoms with E-state index in [2.05, 4.69) is 26.5 Å². The first-order chi connectivity index (χ1) is 7.25. The third-order valence-corrected chi connectivity index (χ3v) is 2.74. The molecule has 78 valence electrons. The van der Waals surface area contributed by atoms with E-state index in [1.54, 1.807) is 6.21 Å². The molecule has 0 bridgehead atoms. The monoisotopic (exact) mass is 266 g/mol. The lowest BCUT2D eigenvalue weighted by Gasteiger charge is -1.96. The highest BCUT2D eigenvalue weighted by Gasteiger charge is 2.29. The highest BCUT2D eigenvalue weighted by Crippen LogP contribution is 2.28. The van der Waals surface area contributed by atoms with Crippen LogP contribution in [0.25, 0.3) is 0 Å². The van der Waals surface area contributed by atoms with Crippen LogP contribution in [0.1, 0.15) is 18.4 Å². The van der Waals surface area contributed by atoms with Crippen molar-refractivity contribution in [2.75, 3.05) is 0 Å². The number of nitrogens with zero attached hydrogens (tertiary/aromatic N) is 1. The van der Waals surface area contributed by atoms with Gasteiger partial charge in [-0.15, -0.1) is 0 Å². The number of carbonyl (C=O) groups excluding carboxylic acids is 1. The van der Waals surface area contributed by atoms with Crippen molar-refractivity contribution in [1.29, 1.82) is 0 Å². The van der Waals surface area contributed by atoms with Gasteiger partial charge in [-0.25, -0.2) is 5.43 Å². The van der Waals surface area contributed by atoms with Crippen molar-refractivity contribution in [2.45, 2.75) is 12.8 Å². The summed E-state index contributed by atoms with van der Waals surface area (Å²) in [5.74, 6) is 0.232. The second kappa shape index (κ2) is 4.57. The molecule has 1 saturated carbocycles. The Morgan fingerprint density at radius 2 is 2.07 bits per heavy atom. The Kier molecular flexibility index (Phi) is 3.16. The van der Waals surface area contributed by atoms with Crippen molar-refractivity contribution >= 4 is 28.1 Å². The number of hydrogen-bond donors (Lipinski definition) is 1. The fourth-order valence-corrected chi connectivity index (χ4v) is 1.42. The maximum Gasteiger partial charge on any atom is 0.243 e. The Morgan fingerprint density at radius 1 is 1.40 bits per heavy atom. The van der Waals surface area contributed by atoms with Crippen LogP contribution >= 0.6 is 15.9 Å². The van der Waals surface area contributed by atoms with Gasteiger partial charge in [0, 0.05) is 10.4 Å². The molecule has 0 aromatic heterocycles. The van der Waals surface area contributed by atoms with Gasteiger partial charge in [-0.2, -0.15) is 5.10 Å². The SMILES string of the molecule is O=C(N/N=C/c1ccc(Br)cc1)C1CC1. The van der Waals surface area contributed by atoms with Crippen molar-refractivity contribution in [3.8, 4) is 0 Å². The second-order valence-electron chi connectivity index (χ2n) is 3.56. The lowest BCUT2D eigenvalue weighted by molar-refractivity contribution is -0.122. The van der Waals surface area contributed by atoms with Gasteiger partial charge in [-0.3, -0.25) is 4.79 Å². The predicted molar refractivity (Wildman–Crippen MR) is 62.6 cm³/mol. The van der Waals surface area contributed by atoms with Crippen LogP contribution in [-0.4, -0.2) is 12.1 Å². The molecule has 2 rings (SSSR count). The van der Waals surface area contributed by atoms with Gasteiger partial charge in [0.2, 0.25) is 5.91 Å². The standard InChI is InChI=1S/C11H11BrN2O/c12-10-5-1-8(2-6-10)7-13-14-11(15)9-3-4-9/h1-2,5-7,9H,3-4H2,(H,14,15)/b13-7+. The Morgan fingerprint density at radius 3 is 2.67 bits per heavy atom. The number of amides is 1. The first-order valence-electron chi connectivity index (χ1n) is 4.84. The molecule has 1 aromatic rings. The number of hydrogen-bond acceptors (Lipinski definition) is 2. The van der Waals surface area contributed by atoms with Crippen LogP contribution in [0.3, 0.4) is 0 Å². The molecule has 4 heteroatoms. The van der Waals surface area contributed by atoms with Crippen LogP contribution in [0.4, 0.5) is 0 Å². The van der Waals surface area contributed by atoms with Crippen molar-refractivity contribution in [2.24, 2.45) is 11.0 Å². The molecule has 0 radical (unpaired) electrons. The summed E-state index contributed by atoms with van der Waals surface area (Å²) in [7, 11) is 0. The van der Waals surface area contributed by atoms with E-state index in [0.717, 1.165) is 22.9 Å². The molecule has 0 unspecified atom stereocenters. The minimum Gasteiger partial charge on any atom is -0.273 e. The van der Waals surface area contributed by atoms with Crippen LogP contribution in [0, 0.1) is 5.92 Å². The van der Waals surface area contributed by atoms with Crippen molar-refractivity contribution in [1.82, 2.24) is 5.43 Å². The van der Waals surface area contributed by atoms with Gasteiger partial charge >= 0.3 is 0 Å². The average molecular weight is 267 g/mol. The lowest BCUT2D eigenvalue weighted by atomic mass is 10.2. The fourth-order valence-electron chi connectivity index (χ4n) is 1.16. The van der Waals surface area contributed by atoms with E-state index in [0.29, 0.717) is 0 Å². The van der Waals surface area contributed by atoms with E-state index in [-0.39, 0.29) is 11.8 Å². The number of nitrogens with one attached hydrogen (secondary N) is 1. The zero-order valence-corrected chi connectivity index (χ0v) is 9.70. The normalized spacial score (nSPS) is 15.5. The minimum absolute atomic E-state index is 0.0309. The molecule has 1 fully saturated rings. The molecule has 1 amide bonds. The van der Waals surface area contributed by atoms with Gasteiger partial charge in [0.1, 0.15) is 0 Å². The number of rotatable bonds is 3. The smallest absolute Gasteiger partial charge is 0.243 e. The van der Waals surface area contributed by atoms with E-state index in [9.17, 15) is 4.79 Å². The van der Waals surface area contributed by atoms with E-state index in [1.165, 1.54) is 0 Å². The molecular weight excluding hydrogens is 256 g/mol. The van der Waals surface area contributed by atoms with Crippen LogP contribution < -0.4 is 5.43 Å². The summed E-state index contributed by atoms with van der Waals surface area (Å²) in [6.07, 6.45) is 3.64. The van der Waals surface area contributed by atoms with Gasteiger partial charge in [-0.1, -0.05) is 28.1 Å². The third kappa shape index (κ3) is 3.16. The van der Waals surface area contributed by atoms with Gasteiger partial charge in [0.15, 0.2) is 0 Å². The average Bonchev–Trinajstić information content (AvgIpc) is 3.04. The number of halogens is 1. The summed E-state index contributed by atoms with van der Waals surface area (Å²) in [4.78, 5) is 11.2. The molecule has 0 heterocycles. The van der Waals surface area contributed by atoms with Gasteiger partial charge < -0.3 is 0 Å². The van der Waals surface area contributed by atoms with Gasteiger partial charge in [0.05, 0.1) is 6.21 Å². The summed E-state index contributed by atoms with van der Waals surface area (Å²) in [6.45, 7) is 0. The molecule has 0 spiro atoms. The van der Waals surface area contributed by atoms with E-state index in [1.807, 2.05) is 24.3 Å². The van der Waals surface area contributed by atoms with Gasteiger partial charge in [-0.05, 0) is 30.5 Å². The van der Waals surface area contributed by atoms with Crippen LogP contribution in [-0.2, 0) is 4.79 Å². The zero-order chi connectivity index (χ0) is 10.7. The number of carbonyl (C=O) groups is 1. The maximum atomic E-state index is 11.2. The van der Waals surface area contributed by atoms with Crippen LogP contribution in [0.2, 0.25) is 0 Å². The molecule has 0 atom stereocenters. The van der Waals surface area contributed by atoms with E-state index >= 15 is 0 Å². The Balaban J connectivity index is 1.87. The zero-order valence-electron chi connectivity index (χ0n) is 8.11. The van der Waals surface area contributed by atoms with Gasteiger partial charge in [0.25, 0.3) is 0 Å². The summed E-state index contributed by atoms with van der Waals surface area (Å²) < 4.78 is 1.03. The first-order valence-corrected chi connectivity index (χ1v) is 5.63. The van der Waals surface area contributed by atoms with Crippen molar-refractivity contribution < 1.29 is 4.79 Å². The fraction of sp³-hybridized carbons (Fsp3) is 0.273. The summed E-state index contributed by atoms with van der Waals surface area (Å²) in [5, 5.41) is 3.89. The molecule has 3 nitrogen and oxygen atoms in total. The topological polar surface area (TPSA) is 41.5 Å². The first kappa shape index (κ1) is 10.4. The molecule has 1 aliphatic rings. The molecule has 1 N–H and O–H groups in total. The molecule has 0 saturated heterocycles. The van der Waals surface area contributed by atoms with Crippen molar-refractivity contribution in [3.05, 3.63) is 34.3 Å². The quantitative estimate of drug-likeness (QED) is 0.662. The highest BCUT2D eigenvalue weighted by atomic mass is 79.9. The summed E-state index contributed by atoms with van der Waals surface area (Å²) in [5.41, 5.74) is 3.49. The highest BCUT2D eigenvalue weighted by molar-refractivity contribution is 9.10. The van der Waals surface area contributed by atoms with Crippen LogP contribution in [0.15, 0.2) is 33.8 Å². The Labute approximate surface area is 96.7 Å². The molecule has 0 aliphatic heterocycles.